The van der Waals surface area contributed by atoms with Crippen molar-refractivity contribution in [2.24, 2.45) is 0 Å². The second kappa shape index (κ2) is 7.51. The minimum absolute atomic E-state index is 0.0172. The van der Waals surface area contributed by atoms with Crippen molar-refractivity contribution in [2.45, 2.75) is 26.3 Å². The zero-order valence-corrected chi connectivity index (χ0v) is 16.1. The van der Waals surface area contributed by atoms with Crippen LogP contribution < -0.4 is 15.0 Å². The highest BCUT2D eigenvalue weighted by molar-refractivity contribution is 5.75. The van der Waals surface area contributed by atoms with Crippen molar-refractivity contribution in [2.75, 3.05) is 37.7 Å². The lowest BCUT2D eigenvalue weighted by atomic mass is 10.0. The summed E-state index contributed by atoms with van der Waals surface area (Å²) in [6, 6.07) is 14.5. The standard InChI is InChI=1S/C22H27N3O2/c1-16-6-5-8-20(17(16)2)24-10-12-25(13-11-24)22(26)23-19-14-18-7-3-4-9-21(18)27-15-19/h3-9,19H,10-15H2,1-2H3,(H,23,26)/t19-/m1/s1. The van der Waals surface area contributed by atoms with E-state index in [0.29, 0.717) is 6.61 Å². The van der Waals surface area contributed by atoms with Crippen LogP contribution in [0.4, 0.5) is 10.5 Å². The van der Waals surface area contributed by atoms with Crippen LogP contribution in [0.2, 0.25) is 0 Å². The Labute approximate surface area is 160 Å². The Bertz CT molecular complexity index is 828. The van der Waals surface area contributed by atoms with Crippen LogP contribution in [0.15, 0.2) is 42.5 Å². The number of nitrogens with zero attached hydrogens (tertiary/aromatic N) is 2. The number of amides is 2. The van der Waals surface area contributed by atoms with Crippen molar-refractivity contribution in [3.05, 3.63) is 59.2 Å². The molecule has 0 spiro atoms. The zero-order chi connectivity index (χ0) is 18.8. The van der Waals surface area contributed by atoms with Crippen LogP contribution in [0.5, 0.6) is 5.75 Å². The van der Waals surface area contributed by atoms with Crippen molar-refractivity contribution < 1.29 is 9.53 Å². The topological polar surface area (TPSA) is 44.8 Å². The number of anilines is 1. The van der Waals surface area contributed by atoms with E-state index in [2.05, 4.69) is 48.3 Å². The van der Waals surface area contributed by atoms with Crippen molar-refractivity contribution >= 4 is 11.7 Å². The average molecular weight is 365 g/mol. The van der Waals surface area contributed by atoms with Crippen molar-refractivity contribution in [3.63, 3.8) is 0 Å². The van der Waals surface area contributed by atoms with Crippen LogP contribution in [0.1, 0.15) is 16.7 Å². The van der Waals surface area contributed by atoms with Gasteiger partial charge in [-0.05, 0) is 49.1 Å². The highest BCUT2D eigenvalue weighted by atomic mass is 16.5. The Morgan fingerprint density at radius 2 is 1.81 bits per heavy atom. The second-order valence-corrected chi connectivity index (χ2v) is 7.46. The van der Waals surface area contributed by atoms with Gasteiger partial charge in [0.1, 0.15) is 12.4 Å². The summed E-state index contributed by atoms with van der Waals surface area (Å²) < 4.78 is 5.78. The molecule has 27 heavy (non-hydrogen) atoms. The maximum Gasteiger partial charge on any atom is 0.317 e. The summed E-state index contributed by atoms with van der Waals surface area (Å²) >= 11 is 0. The molecule has 2 aliphatic rings. The summed E-state index contributed by atoms with van der Waals surface area (Å²) in [6.45, 7) is 8.05. The van der Waals surface area contributed by atoms with Crippen LogP contribution in [0, 0.1) is 13.8 Å². The van der Waals surface area contributed by atoms with Gasteiger partial charge < -0.3 is 19.9 Å². The molecule has 0 aromatic heterocycles. The molecule has 2 aliphatic heterocycles. The molecule has 2 heterocycles. The van der Waals surface area contributed by atoms with Gasteiger partial charge in [0, 0.05) is 31.9 Å². The van der Waals surface area contributed by atoms with Gasteiger partial charge >= 0.3 is 6.03 Å². The Morgan fingerprint density at radius 1 is 1.04 bits per heavy atom. The molecule has 1 atom stereocenters. The number of hydrogen-bond donors (Lipinski definition) is 1. The fraction of sp³-hybridized carbons (Fsp3) is 0.409. The summed E-state index contributed by atoms with van der Waals surface area (Å²) in [7, 11) is 0. The van der Waals surface area contributed by atoms with Gasteiger partial charge in [0.25, 0.3) is 0 Å². The number of rotatable bonds is 2. The molecule has 5 heteroatoms. The SMILES string of the molecule is Cc1cccc(N2CCN(C(=O)N[C@H]3COc4ccccc4C3)CC2)c1C. The first-order valence-electron chi connectivity index (χ1n) is 9.69. The first-order chi connectivity index (χ1) is 13.1. The molecule has 1 saturated heterocycles. The lowest BCUT2D eigenvalue weighted by Crippen LogP contribution is -2.55. The molecule has 2 aromatic rings. The van der Waals surface area contributed by atoms with Gasteiger partial charge in [-0.1, -0.05) is 30.3 Å². The average Bonchev–Trinajstić information content (AvgIpc) is 2.70. The van der Waals surface area contributed by atoms with Crippen LogP contribution in [-0.2, 0) is 6.42 Å². The second-order valence-electron chi connectivity index (χ2n) is 7.46. The molecular weight excluding hydrogens is 338 g/mol. The molecular formula is C22H27N3O2. The van der Waals surface area contributed by atoms with Crippen LogP contribution >= 0.6 is 0 Å². The van der Waals surface area contributed by atoms with Crippen LogP contribution in [0.25, 0.3) is 0 Å². The number of fused-ring (bicyclic) bond motifs is 1. The van der Waals surface area contributed by atoms with Gasteiger partial charge in [-0.2, -0.15) is 0 Å². The Kier molecular flexibility index (Phi) is 4.92. The van der Waals surface area contributed by atoms with E-state index in [1.807, 2.05) is 23.1 Å². The normalized spacial score (nSPS) is 19.3. The summed E-state index contributed by atoms with van der Waals surface area (Å²) in [5.41, 5.74) is 5.08. The fourth-order valence-electron chi connectivity index (χ4n) is 3.92. The van der Waals surface area contributed by atoms with E-state index < -0.39 is 0 Å². The number of nitrogens with one attached hydrogen (secondary N) is 1. The molecule has 2 aromatic carbocycles. The summed E-state index contributed by atoms with van der Waals surface area (Å²) in [5.74, 6) is 0.935. The molecule has 0 saturated carbocycles. The lowest BCUT2D eigenvalue weighted by Gasteiger charge is -2.38. The van der Waals surface area contributed by atoms with Gasteiger partial charge in [0.05, 0.1) is 6.04 Å². The monoisotopic (exact) mass is 365 g/mol. The maximum atomic E-state index is 12.7. The number of urea groups is 1. The van der Waals surface area contributed by atoms with Crippen molar-refractivity contribution in [1.29, 1.82) is 0 Å². The van der Waals surface area contributed by atoms with E-state index in [4.69, 9.17) is 4.74 Å². The molecule has 142 valence electrons. The number of ether oxygens (including phenoxy) is 1. The first-order valence-corrected chi connectivity index (χ1v) is 9.69. The molecule has 0 radical (unpaired) electrons. The molecule has 1 N–H and O–H groups in total. The van der Waals surface area contributed by atoms with Crippen molar-refractivity contribution in [3.8, 4) is 5.75 Å². The molecule has 0 aliphatic carbocycles. The molecule has 5 nitrogen and oxygen atoms in total. The quantitative estimate of drug-likeness (QED) is 0.889. The summed E-state index contributed by atoms with van der Waals surface area (Å²) in [4.78, 5) is 17.0. The molecule has 0 unspecified atom stereocenters. The summed E-state index contributed by atoms with van der Waals surface area (Å²) in [6.07, 6.45) is 0.824. The van der Waals surface area contributed by atoms with Gasteiger partial charge in [0.15, 0.2) is 0 Å². The molecule has 4 rings (SSSR count). The van der Waals surface area contributed by atoms with Gasteiger partial charge in [-0.25, -0.2) is 4.79 Å². The van der Waals surface area contributed by atoms with E-state index in [1.165, 1.54) is 16.8 Å². The van der Waals surface area contributed by atoms with Crippen LogP contribution in [-0.4, -0.2) is 49.8 Å². The minimum Gasteiger partial charge on any atom is -0.491 e. The lowest BCUT2D eigenvalue weighted by molar-refractivity contribution is 0.178. The molecule has 1 fully saturated rings. The first kappa shape index (κ1) is 17.7. The highest BCUT2D eigenvalue weighted by Gasteiger charge is 2.26. The van der Waals surface area contributed by atoms with Gasteiger partial charge in [0.2, 0.25) is 0 Å². The third-order valence-corrected chi connectivity index (χ3v) is 5.69. The molecule has 2 amide bonds. The van der Waals surface area contributed by atoms with Crippen LogP contribution in [0.3, 0.4) is 0 Å². The zero-order valence-electron chi connectivity index (χ0n) is 16.1. The van der Waals surface area contributed by atoms with E-state index in [0.717, 1.165) is 43.9 Å². The third kappa shape index (κ3) is 3.72. The minimum atomic E-state index is 0.0172. The smallest absolute Gasteiger partial charge is 0.317 e. The number of piperazine rings is 1. The Morgan fingerprint density at radius 3 is 2.63 bits per heavy atom. The van der Waals surface area contributed by atoms with E-state index >= 15 is 0 Å². The Hall–Kier alpha value is -2.69. The van der Waals surface area contributed by atoms with Gasteiger partial charge in [-0.3, -0.25) is 0 Å². The highest BCUT2D eigenvalue weighted by Crippen LogP contribution is 2.25. The van der Waals surface area contributed by atoms with Gasteiger partial charge in [-0.15, -0.1) is 0 Å². The summed E-state index contributed by atoms with van der Waals surface area (Å²) in [5, 5.41) is 3.15. The van der Waals surface area contributed by atoms with Crippen molar-refractivity contribution in [1.82, 2.24) is 10.2 Å². The number of aryl methyl sites for hydroxylation is 1. The number of para-hydroxylation sites is 1. The predicted octanol–water partition coefficient (Wildman–Crippen LogP) is 3.14. The van der Waals surface area contributed by atoms with E-state index in [9.17, 15) is 4.79 Å². The number of benzene rings is 2. The molecule has 0 bridgehead atoms. The number of carbonyl (C=O) groups is 1. The predicted molar refractivity (Wildman–Crippen MR) is 108 cm³/mol. The largest absolute Gasteiger partial charge is 0.491 e. The van der Waals surface area contributed by atoms with E-state index in [-0.39, 0.29) is 12.1 Å². The number of hydrogen-bond acceptors (Lipinski definition) is 3. The van der Waals surface area contributed by atoms with E-state index in [1.54, 1.807) is 0 Å². The number of carbonyl (C=O) groups excluding carboxylic acids is 1. The fourth-order valence-corrected chi connectivity index (χ4v) is 3.92. The third-order valence-electron chi connectivity index (χ3n) is 5.69. The maximum absolute atomic E-state index is 12.7. The Balaban J connectivity index is 1.32.